The van der Waals surface area contributed by atoms with E-state index in [9.17, 15) is 10.5 Å². The minimum Gasteiger partial charge on any atom is -0.308 e. The Morgan fingerprint density at radius 1 is 0.625 bits per heavy atom. The van der Waals surface area contributed by atoms with Crippen molar-refractivity contribution in [2.24, 2.45) is 0 Å². The van der Waals surface area contributed by atoms with Crippen molar-refractivity contribution in [1.29, 1.82) is 10.5 Å². The highest BCUT2D eigenvalue weighted by Crippen LogP contribution is 2.58. The van der Waals surface area contributed by atoms with E-state index in [0.29, 0.717) is 0 Å². The van der Waals surface area contributed by atoms with Gasteiger partial charge in [-0.25, -0.2) is 0 Å². The summed E-state index contributed by atoms with van der Waals surface area (Å²) in [4.78, 5) is 0. The molecule has 0 radical (unpaired) electrons. The van der Waals surface area contributed by atoms with Gasteiger partial charge in [-0.1, -0.05) is 101 Å². The summed E-state index contributed by atoms with van der Waals surface area (Å²) in [5.74, 6) is 0. The zero-order chi connectivity index (χ0) is 34.7. The van der Waals surface area contributed by atoms with E-state index < -0.39 is 0 Å². The summed E-state index contributed by atoms with van der Waals surface area (Å²) >= 11 is 0. The van der Waals surface area contributed by atoms with Crippen LogP contribution in [0.2, 0.25) is 0 Å². The molecule has 0 aliphatic heterocycles. The fourth-order valence-electron chi connectivity index (χ4n) is 9.54. The molecule has 0 bridgehead atoms. The predicted octanol–water partition coefficient (Wildman–Crippen LogP) is 11.8. The highest BCUT2D eigenvalue weighted by molar-refractivity contribution is 6.28. The van der Waals surface area contributed by atoms with Gasteiger partial charge in [0, 0.05) is 27.0 Å². The monoisotopic (exact) mass is 629 g/mol. The Morgan fingerprint density at radius 2 is 1.15 bits per heavy atom. The predicted molar refractivity (Wildman–Crippen MR) is 201 cm³/mol. The van der Waals surface area contributed by atoms with Crippen molar-refractivity contribution in [3.8, 4) is 23.3 Å². The highest BCUT2D eigenvalue weighted by Gasteiger charge is 2.44. The number of fused-ring (bicyclic) bond motifs is 12. The number of aromatic nitrogens is 1. The van der Waals surface area contributed by atoms with Gasteiger partial charge in [0.25, 0.3) is 0 Å². The minimum absolute atomic E-state index is 0.00774. The molecule has 0 amide bonds. The second-order valence-corrected chi connectivity index (χ2v) is 18.8. The van der Waals surface area contributed by atoms with E-state index in [2.05, 4.69) is 142 Å². The first-order chi connectivity index (χ1) is 22.2. The first kappa shape index (κ1) is 31.0. The van der Waals surface area contributed by atoms with Crippen LogP contribution >= 0.6 is 0 Å². The third-order valence-corrected chi connectivity index (χ3v) is 12.3. The average molecular weight is 630 g/mol. The van der Waals surface area contributed by atoms with Crippen LogP contribution < -0.4 is 0 Å². The third-order valence-electron chi connectivity index (χ3n) is 12.3. The van der Waals surface area contributed by atoms with Crippen molar-refractivity contribution in [1.82, 2.24) is 4.40 Å². The summed E-state index contributed by atoms with van der Waals surface area (Å²) in [6, 6.07) is 21.5. The van der Waals surface area contributed by atoms with Gasteiger partial charge in [0.1, 0.15) is 0 Å². The molecular weight excluding hydrogens is 583 g/mol. The molecule has 2 aliphatic carbocycles. The molecule has 2 aliphatic rings. The summed E-state index contributed by atoms with van der Waals surface area (Å²) in [5, 5.41) is 26.6. The van der Waals surface area contributed by atoms with Crippen molar-refractivity contribution in [2.45, 2.75) is 123 Å². The number of nitrogens with zero attached hydrogens (tertiary/aromatic N) is 3. The van der Waals surface area contributed by atoms with Gasteiger partial charge < -0.3 is 4.40 Å². The molecule has 8 rings (SSSR count). The van der Waals surface area contributed by atoms with Crippen molar-refractivity contribution in [2.75, 3.05) is 0 Å². The first-order valence-corrected chi connectivity index (χ1v) is 17.6. The van der Waals surface area contributed by atoms with Crippen LogP contribution in [0.4, 0.5) is 0 Å². The van der Waals surface area contributed by atoms with E-state index in [0.717, 1.165) is 40.6 Å². The number of benzene rings is 4. The molecule has 6 aromatic rings. The minimum atomic E-state index is -0.316. The molecule has 0 saturated heterocycles. The molecule has 3 heteroatoms. The molecule has 0 N–H and O–H groups in total. The van der Waals surface area contributed by atoms with E-state index in [1.165, 1.54) is 66.0 Å². The molecule has 0 unspecified atom stereocenters. The van der Waals surface area contributed by atoms with Gasteiger partial charge in [0.2, 0.25) is 0 Å². The summed E-state index contributed by atoms with van der Waals surface area (Å²) in [6.07, 6.45) is 2.12. The van der Waals surface area contributed by atoms with Crippen molar-refractivity contribution in [3.63, 3.8) is 0 Å². The van der Waals surface area contributed by atoms with E-state index >= 15 is 0 Å². The smallest absolute Gasteiger partial charge is 0.0995 e. The van der Waals surface area contributed by atoms with Crippen LogP contribution in [0, 0.1) is 22.7 Å². The molecule has 0 fully saturated rings. The molecule has 2 aromatic heterocycles. The van der Waals surface area contributed by atoms with Crippen LogP contribution in [0.25, 0.3) is 49.2 Å². The van der Waals surface area contributed by atoms with E-state index in [-0.39, 0.29) is 27.1 Å². The summed E-state index contributed by atoms with van der Waals surface area (Å²) in [5.41, 5.74) is 14.3. The quantitative estimate of drug-likeness (QED) is 0.168. The lowest BCUT2D eigenvalue weighted by molar-refractivity contribution is 0.334. The first-order valence-electron chi connectivity index (χ1n) is 17.6. The van der Waals surface area contributed by atoms with Crippen molar-refractivity contribution in [3.05, 3.63) is 87.0 Å². The molecule has 4 aromatic carbocycles. The normalized spacial score (nSPS) is 17.9. The second kappa shape index (κ2) is 9.01. The van der Waals surface area contributed by atoms with Crippen LogP contribution in [-0.2, 0) is 27.1 Å². The Morgan fingerprint density at radius 3 is 1.71 bits per heavy atom. The molecule has 0 spiro atoms. The standard InChI is InChI=1S/C45H47N3/c1-41(2,3)26-13-14-31-28(19-26)36-34-29-20-27(42(4,5)6)21-30-35-33(18-25(23-47)38-39(35)44(9,10)16-15-43(38,7)8)48(40(29)30)32(34)17-24(22-46)37(36)45(31,11)12/h13-14,17-21H,15-16H2,1-12H3. The number of hydrogen-bond donors (Lipinski definition) is 0. The van der Waals surface area contributed by atoms with Crippen LogP contribution in [0.5, 0.6) is 0 Å². The summed E-state index contributed by atoms with van der Waals surface area (Å²) in [7, 11) is 0. The Balaban J connectivity index is 1.69. The SMILES string of the molecule is CC(C)(C)c1ccc2c(c1)-c1c(c(C#N)cc3c1c1cc(C(C)(C)C)cc4c5c6c(c(C#N)cc5n3c14)C(C)(C)CCC6(C)C)C2(C)C. The topological polar surface area (TPSA) is 52.0 Å². The fourth-order valence-corrected chi connectivity index (χ4v) is 9.54. The van der Waals surface area contributed by atoms with Crippen LogP contribution in [0.1, 0.15) is 140 Å². The lowest BCUT2D eigenvalue weighted by Crippen LogP contribution is -2.35. The fraction of sp³-hybridized carbons (Fsp3) is 0.422. The van der Waals surface area contributed by atoms with Gasteiger partial charge in [-0.2, -0.15) is 10.5 Å². The van der Waals surface area contributed by atoms with Gasteiger partial charge >= 0.3 is 0 Å². The van der Waals surface area contributed by atoms with Gasteiger partial charge in [-0.3, -0.25) is 0 Å². The molecule has 0 saturated carbocycles. The number of hydrogen-bond acceptors (Lipinski definition) is 2. The van der Waals surface area contributed by atoms with Gasteiger partial charge in [0.05, 0.1) is 39.8 Å². The van der Waals surface area contributed by atoms with Gasteiger partial charge in [-0.15, -0.1) is 0 Å². The molecule has 242 valence electrons. The van der Waals surface area contributed by atoms with E-state index in [1.807, 2.05) is 0 Å². The highest BCUT2D eigenvalue weighted by atomic mass is 14.9. The molecule has 3 nitrogen and oxygen atoms in total. The maximum absolute atomic E-state index is 10.8. The number of rotatable bonds is 0. The molecule has 48 heavy (non-hydrogen) atoms. The Hall–Kier alpha value is -4.34. The maximum Gasteiger partial charge on any atom is 0.0995 e. The summed E-state index contributed by atoms with van der Waals surface area (Å²) in [6.45, 7) is 27.7. The van der Waals surface area contributed by atoms with Crippen LogP contribution in [0.15, 0.2) is 42.5 Å². The maximum atomic E-state index is 10.8. The lowest BCUT2D eigenvalue weighted by atomic mass is 9.61. The molecule has 2 heterocycles. The van der Waals surface area contributed by atoms with Crippen LogP contribution in [-0.4, -0.2) is 4.40 Å². The Labute approximate surface area is 285 Å². The molecule has 0 atom stereocenters. The third kappa shape index (κ3) is 3.74. The van der Waals surface area contributed by atoms with Crippen molar-refractivity contribution >= 4 is 38.1 Å². The van der Waals surface area contributed by atoms with Gasteiger partial charge in [0.15, 0.2) is 0 Å². The van der Waals surface area contributed by atoms with Crippen molar-refractivity contribution < 1.29 is 0 Å². The van der Waals surface area contributed by atoms with Gasteiger partial charge in [-0.05, 0) is 103 Å². The largest absolute Gasteiger partial charge is 0.308 e. The van der Waals surface area contributed by atoms with E-state index in [1.54, 1.807) is 0 Å². The molecular formula is C45H47N3. The lowest BCUT2D eigenvalue weighted by Gasteiger charge is -2.43. The zero-order valence-corrected chi connectivity index (χ0v) is 30.8. The zero-order valence-electron chi connectivity index (χ0n) is 30.8. The Kier molecular flexibility index (Phi) is 5.81. The second-order valence-electron chi connectivity index (χ2n) is 18.8. The Bertz CT molecular complexity index is 2500. The number of nitriles is 2. The summed E-state index contributed by atoms with van der Waals surface area (Å²) < 4.78 is 2.42. The van der Waals surface area contributed by atoms with E-state index in [4.69, 9.17) is 0 Å². The van der Waals surface area contributed by atoms with Crippen LogP contribution in [0.3, 0.4) is 0 Å². The average Bonchev–Trinajstić information content (AvgIpc) is 3.59.